The van der Waals surface area contributed by atoms with Crippen molar-refractivity contribution in [3.63, 3.8) is 0 Å². The summed E-state index contributed by atoms with van der Waals surface area (Å²) in [6.45, 7) is 8.34. The molecule has 1 atom stereocenters. The number of carbonyl (C=O) groups is 1. The van der Waals surface area contributed by atoms with E-state index in [1.165, 1.54) is 4.31 Å². The zero-order chi connectivity index (χ0) is 26.8. The zero-order valence-electron chi connectivity index (χ0n) is 21.3. The smallest absolute Gasteiger partial charge is 0.264 e. The molecule has 1 aliphatic heterocycles. The molecule has 37 heavy (non-hydrogen) atoms. The number of halogens is 1. The predicted molar refractivity (Wildman–Crippen MR) is 145 cm³/mol. The van der Waals surface area contributed by atoms with E-state index in [0.29, 0.717) is 22.2 Å². The first-order valence-electron chi connectivity index (χ1n) is 12.0. The third-order valence-corrected chi connectivity index (χ3v) is 8.33. The molecular formula is C28H31ClN2O5S. The van der Waals surface area contributed by atoms with E-state index in [4.69, 9.17) is 21.1 Å². The number of amides is 1. The fourth-order valence-electron chi connectivity index (χ4n) is 3.92. The standard InChI is InChI=1S/C28H31ClN2O5S/c1-19-10-12-21(17-23(19)29)35-15-14-30-27(32)26-18-31(37(33,34)22-8-6-5-7-9-22)24-16-20(28(2,3)4)11-13-25(24)36-26/h5-13,16-17,26H,14-15,18H2,1-4H3,(H,30,32)/t26-/m0/s1. The normalized spacial score (nSPS) is 15.5. The van der Waals surface area contributed by atoms with Gasteiger partial charge in [-0.2, -0.15) is 0 Å². The van der Waals surface area contributed by atoms with E-state index < -0.39 is 22.0 Å². The van der Waals surface area contributed by atoms with E-state index in [2.05, 4.69) is 26.1 Å². The first-order chi connectivity index (χ1) is 17.5. The Morgan fingerprint density at radius 2 is 1.84 bits per heavy atom. The number of ether oxygens (including phenoxy) is 2. The molecule has 0 saturated carbocycles. The number of fused-ring (bicyclic) bond motifs is 1. The van der Waals surface area contributed by atoms with Crippen molar-refractivity contribution in [2.24, 2.45) is 0 Å². The van der Waals surface area contributed by atoms with Crippen molar-refractivity contribution in [2.75, 3.05) is 24.0 Å². The summed E-state index contributed by atoms with van der Waals surface area (Å²) in [4.78, 5) is 13.2. The molecule has 1 aliphatic rings. The molecule has 0 spiro atoms. The van der Waals surface area contributed by atoms with Gasteiger partial charge in [-0.25, -0.2) is 8.42 Å². The average molecular weight is 543 g/mol. The monoisotopic (exact) mass is 542 g/mol. The van der Waals surface area contributed by atoms with Gasteiger partial charge in [0.1, 0.15) is 18.1 Å². The van der Waals surface area contributed by atoms with Gasteiger partial charge in [-0.05, 0) is 59.9 Å². The van der Waals surface area contributed by atoms with Gasteiger partial charge in [-0.15, -0.1) is 0 Å². The first kappa shape index (κ1) is 26.8. The number of aryl methyl sites for hydroxylation is 1. The minimum Gasteiger partial charge on any atom is -0.492 e. The second-order valence-corrected chi connectivity index (χ2v) is 12.2. The van der Waals surface area contributed by atoms with Crippen LogP contribution in [0.3, 0.4) is 0 Å². The summed E-state index contributed by atoms with van der Waals surface area (Å²) in [6.07, 6.45) is -1.03. The predicted octanol–water partition coefficient (Wildman–Crippen LogP) is 5.10. The van der Waals surface area contributed by atoms with E-state index in [0.717, 1.165) is 11.1 Å². The van der Waals surface area contributed by atoms with Gasteiger partial charge in [0.2, 0.25) is 0 Å². The maximum atomic E-state index is 13.7. The van der Waals surface area contributed by atoms with Crippen molar-refractivity contribution in [3.8, 4) is 11.5 Å². The lowest BCUT2D eigenvalue weighted by atomic mass is 9.86. The second-order valence-electron chi connectivity index (χ2n) is 9.94. The Balaban J connectivity index is 1.53. The average Bonchev–Trinajstić information content (AvgIpc) is 2.87. The molecule has 0 unspecified atom stereocenters. The van der Waals surface area contributed by atoms with Crippen LogP contribution < -0.4 is 19.1 Å². The van der Waals surface area contributed by atoms with Crippen LogP contribution in [0, 0.1) is 6.92 Å². The Hall–Kier alpha value is -3.23. The Morgan fingerprint density at radius 3 is 2.51 bits per heavy atom. The molecule has 196 valence electrons. The van der Waals surface area contributed by atoms with Crippen molar-refractivity contribution in [1.82, 2.24) is 5.32 Å². The highest BCUT2D eigenvalue weighted by Gasteiger charge is 2.38. The summed E-state index contributed by atoms with van der Waals surface area (Å²) in [7, 11) is -3.94. The van der Waals surface area contributed by atoms with Crippen LogP contribution >= 0.6 is 11.6 Å². The van der Waals surface area contributed by atoms with Crippen molar-refractivity contribution in [2.45, 2.75) is 44.1 Å². The number of rotatable bonds is 7. The number of carbonyl (C=O) groups excluding carboxylic acids is 1. The number of sulfonamides is 1. The van der Waals surface area contributed by atoms with E-state index in [-0.39, 0.29) is 30.0 Å². The van der Waals surface area contributed by atoms with E-state index >= 15 is 0 Å². The highest BCUT2D eigenvalue weighted by Crippen LogP contribution is 2.40. The van der Waals surface area contributed by atoms with Crippen LogP contribution in [0.1, 0.15) is 31.9 Å². The van der Waals surface area contributed by atoms with Gasteiger partial charge in [0, 0.05) is 5.02 Å². The van der Waals surface area contributed by atoms with Crippen molar-refractivity contribution in [1.29, 1.82) is 0 Å². The lowest BCUT2D eigenvalue weighted by Crippen LogP contribution is -2.51. The SMILES string of the molecule is Cc1ccc(OCCNC(=O)[C@@H]2CN(S(=O)(=O)c3ccccc3)c3cc(C(C)(C)C)ccc3O2)cc1Cl. The lowest BCUT2D eigenvalue weighted by Gasteiger charge is -2.36. The largest absolute Gasteiger partial charge is 0.492 e. The van der Waals surface area contributed by atoms with Gasteiger partial charge in [-0.3, -0.25) is 9.10 Å². The highest BCUT2D eigenvalue weighted by atomic mass is 35.5. The van der Waals surface area contributed by atoms with Gasteiger partial charge < -0.3 is 14.8 Å². The summed E-state index contributed by atoms with van der Waals surface area (Å²) >= 11 is 6.13. The van der Waals surface area contributed by atoms with Crippen molar-refractivity contribution in [3.05, 3.63) is 82.9 Å². The third kappa shape index (κ3) is 6.02. The van der Waals surface area contributed by atoms with Gasteiger partial charge >= 0.3 is 0 Å². The number of nitrogens with one attached hydrogen (secondary N) is 1. The van der Waals surface area contributed by atoms with Crippen LogP contribution in [0.4, 0.5) is 5.69 Å². The molecule has 1 heterocycles. The molecule has 0 aliphatic carbocycles. The quantitative estimate of drug-likeness (QED) is 0.420. The van der Waals surface area contributed by atoms with E-state index in [9.17, 15) is 13.2 Å². The summed E-state index contributed by atoms with van der Waals surface area (Å²) in [5.74, 6) is 0.510. The molecule has 3 aromatic carbocycles. The third-order valence-electron chi connectivity index (χ3n) is 6.13. The van der Waals surface area contributed by atoms with Crippen LogP contribution in [0.15, 0.2) is 71.6 Å². The first-order valence-corrected chi connectivity index (χ1v) is 13.8. The minimum atomic E-state index is -3.94. The Labute approximate surface area is 223 Å². The van der Waals surface area contributed by atoms with E-state index in [1.807, 2.05) is 31.2 Å². The molecule has 0 radical (unpaired) electrons. The molecule has 4 rings (SSSR count). The Morgan fingerprint density at radius 1 is 1.11 bits per heavy atom. The topological polar surface area (TPSA) is 84.9 Å². The van der Waals surface area contributed by atoms with Gasteiger partial charge in [0.15, 0.2) is 6.10 Å². The number of hydrogen-bond acceptors (Lipinski definition) is 5. The number of benzene rings is 3. The number of nitrogens with zero attached hydrogens (tertiary/aromatic N) is 1. The summed E-state index contributed by atoms with van der Waals surface area (Å²) in [5, 5.41) is 3.39. The van der Waals surface area contributed by atoms with Crippen LogP contribution in [0.25, 0.3) is 0 Å². The minimum absolute atomic E-state index is 0.147. The lowest BCUT2D eigenvalue weighted by molar-refractivity contribution is -0.127. The van der Waals surface area contributed by atoms with Crippen molar-refractivity contribution >= 4 is 33.2 Å². The van der Waals surface area contributed by atoms with Crippen molar-refractivity contribution < 1.29 is 22.7 Å². The molecule has 0 fully saturated rings. The molecular weight excluding hydrogens is 512 g/mol. The molecule has 7 nitrogen and oxygen atoms in total. The Bertz CT molecular complexity index is 1390. The maximum Gasteiger partial charge on any atom is 0.264 e. The highest BCUT2D eigenvalue weighted by molar-refractivity contribution is 7.92. The number of hydrogen-bond donors (Lipinski definition) is 1. The molecule has 1 N–H and O–H groups in total. The number of anilines is 1. The molecule has 0 saturated heterocycles. The fourth-order valence-corrected chi connectivity index (χ4v) is 5.58. The molecule has 9 heteroatoms. The summed E-state index contributed by atoms with van der Waals surface area (Å²) < 4.78 is 40.2. The molecule has 0 bridgehead atoms. The zero-order valence-corrected chi connectivity index (χ0v) is 22.9. The summed E-state index contributed by atoms with van der Waals surface area (Å²) in [5.41, 5.74) is 2.12. The van der Waals surface area contributed by atoms with Crippen LogP contribution in [0.2, 0.25) is 5.02 Å². The fraction of sp³-hybridized carbons (Fsp3) is 0.321. The summed E-state index contributed by atoms with van der Waals surface area (Å²) in [6, 6.07) is 19.0. The molecule has 3 aromatic rings. The maximum absolute atomic E-state index is 13.7. The molecule has 1 amide bonds. The van der Waals surface area contributed by atoms with Crippen LogP contribution in [-0.2, 0) is 20.2 Å². The Kier molecular flexibility index (Phi) is 7.71. The molecule has 0 aromatic heterocycles. The van der Waals surface area contributed by atoms with Crippen LogP contribution in [-0.4, -0.2) is 40.1 Å². The van der Waals surface area contributed by atoms with Gasteiger partial charge in [0.25, 0.3) is 15.9 Å². The second kappa shape index (κ2) is 10.6. The van der Waals surface area contributed by atoms with E-state index in [1.54, 1.807) is 42.5 Å². The van der Waals surface area contributed by atoms with Gasteiger partial charge in [0.05, 0.1) is 23.7 Å². The van der Waals surface area contributed by atoms with Crippen LogP contribution in [0.5, 0.6) is 11.5 Å². The van der Waals surface area contributed by atoms with Gasteiger partial charge in [-0.1, -0.05) is 62.7 Å².